The number of hydrogen-bond acceptors (Lipinski definition) is 3. The molecule has 4 aromatic rings. The van der Waals surface area contributed by atoms with E-state index in [-0.39, 0.29) is 23.5 Å². The fourth-order valence-electron chi connectivity index (χ4n) is 7.50. The summed E-state index contributed by atoms with van der Waals surface area (Å²) in [7, 11) is 0. The second kappa shape index (κ2) is 15.7. The van der Waals surface area contributed by atoms with Crippen molar-refractivity contribution in [3.05, 3.63) is 132 Å². The molecule has 46 heavy (non-hydrogen) atoms. The molecule has 0 aliphatic heterocycles. The highest BCUT2D eigenvalue weighted by atomic mass is 16.5. The first-order chi connectivity index (χ1) is 22.2. The van der Waals surface area contributed by atoms with E-state index in [1.807, 2.05) is 0 Å². The summed E-state index contributed by atoms with van der Waals surface area (Å²) in [6.45, 7) is 12.9. The Morgan fingerprint density at radius 2 is 1.26 bits per heavy atom. The summed E-state index contributed by atoms with van der Waals surface area (Å²) in [6, 6.07) is 41.0. The number of carbonyl (C=O) groups excluding carboxylic acids is 1. The molecule has 0 heterocycles. The Morgan fingerprint density at radius 3 is 1.80 bits per heavy atom. The van der Waals surface area contributed by atoms with Gasteiger partial charge in [0.25, 0.3) is 0 Å². The van der Waals surface area contributed by atoms with Crippen LogP contribution in [-0.2, 0) is 29.0 Å². The molecule has 0 unspecified atom stereocenters. The molecule has 3 nitrogen and oxygen atoms in total. The second-order valence-electron chi connectivity index (χ2n) is 14.5. The molecule has 3 heteroatoms. The van der Waals surface area contributed by atoms with E-state index in [4.69, 9.17) is 4.74 Å². The minimum atomic E-state index is -0.310. The number of ether oxygens (including phenoxy) is 1. The maximum Gasteiger partial charge on any atom is 0.309 e. The first-order valence-electron chi connectivity index (χ1n) is 17.4. The highest BCUT2D eigenvalue weighted by Gasteiger charge is 2.39. The molecule has 0 bridgehead atoms. The van der Waals surface area contributed by atoms with Crippen molar-refractivity contribution in [2.24, 2.45) is 23.7 Å². The zero-order valence-corrected chi connectivity index (χ0v) is 28.6. The van der Waals surface area contributed by atoms with E-state index in [0.29, 0.717) is 24.2 Å². The van der Waals surface area contributed by atoms with Crippen LogP contribution in [0.3, 0.4) is 0 Å². The van der Waals surface area contributed by atoms with Crippen LogP contribution < -0.4 is 0 Å². The Labute approximate surface area is 278 Å². The van der Waals surface area contributed by atoms with Crippen molar-refractivity contribution in [3.8, 4) is 11.1 Å². The Kier molecular flexibility index (Phi) is 11.5. The molecule has 4 aromatic carbocycles. The van der Waals surface area contributed by atoms with E-state index in [1.165, 1.54) is 34.2 Å². The van der Waals surface area contributed by atoms with Crippen molar-refractivity contribution in [3.63, 3.8) is 0 Å². The Bertz CT molecular complexity index is 1440. The van der Waals surface area contributed by atoms with Gasteiger partial charge in [0.1, 0.15) is 6.10 Å². The average Bonchev–Trinajstić information content (AvgIpc) is 3.06. The molecule has 1 aliphatic carbocycles. The van der Waals surface area contributed by atoms with Gasteiger partial charge in [0.05, 0.1) is 5.92 Å². The average molecular weight is 616 g/mol. The minimum Gasteiger partial charge on any atom is -0.462 e. The molecule has 0 radical (unpaired) electrons. The lowest BCUT2D eigenvalue weighted by molar-refractivity contribution is -0.161. The number of hydrogen-bond donors (Lipinski definition) is 0. The highest BCUT2D eigenvalue weighted by molar-refractivity contribution is 5.72. The third-order valence-corrected chi connectivity index (χ3v) is 10.2. The lowest BCUT2D eigenvalue weighted by atomic mass is 9.75. The lowest BCUT2D eigenvalue weighted by Gasteiger charge is -2.44. The summed E-state index contributed by atoms with van der Waals surface area (Å²) >= 11 is 0. The van der Waals surface area contributed by atoms with E-state index in [9.17, 15) is 4.79 Å². The maximum absolute atomic E-state index is 13.9. The maximum atomic E-state index is 13.9. The summed E-state index contributed by atoms with van der Waals surface area (Å²) in [5, 5.41) is 0. The van der Waals surface area contributed by atoms with Crippen molar-refractivity contribution in [1.29, 1.82) is 0 Å². The second-order valence-corrected chi connectivity index (χ2v) is 14.5. The van der Waals surface area contributed by atoms with Crippen molar-refractivity contribution >= 4 is 5.97 Å². The van der Waals surface area contributed by atoms with E-state index >= 15 is 0 Å². The summed E-state index contributed by atoms with van der Waals surface area (Å²) in [5.41, 5.74) is 5.95. The summed E-state index contributed by atoms with van der Waals surface area (Å²) < 4.78 is 6.42. The van der Waals surface area contributed by atoms with Gasteiger partial charge in [-0.3, -0.25) is 9.69 Å². The van der Waals surface area contributed by atoms with E-state index in [1.54, 1.807) is 0 Å². The van der Waals surface area contributed by atoms with Gasteiger partial charge in [-0.05, 0) is 78.2 Å². The molecule has 5 atom stereocenters. The fraction of sp³-hybridized carbons (Fsp3) is 0.419. The molecule has 0 saturated heterocycles. The molecule has 0 N–H and O–H groups in total. The van der Waals surface area contributed by atoms with Crippen LogP contribution in [0.25, 0.3) is 11.1 Å². The number of nitrogens with zero attached hydrogens (tertiary/aromatic N) is 1. The van der Waals surface area contributed by atoms with Gasteiger partial charge in [0.15, 0.2) is 0 Å². The predicted octanol–water partition coefficient (Wildman–Crippen LogP) is 10.4. The normalized spacial score (nSPS) is 20.3. The summed E-state index contributed by atoms with van der Waals surface area (Å²) in [4.78, 5) is 16.5. The number of benzene rings is 4. The van der Waals surface area contributed by atoms with Crippen molar-refractivity contribution < 1.29 is 9.53 Å². The van der Waals surface area contributed by atoms with Crippen LogP contribution >= 0.6 is 0 Å². The monoisotopic (exact) mass is 615 g/mol. The van der Waals surface area contributed by atoms with Crippen LogP contribution in [0.15, 0.2) is 115 Å². The first kappa shape index (κ1) is 33.7. The SMILES string of the molecule is CC(C)[C@H]1CC[C@H](C)C[C@@H]1OC(=O)[C@H](C)C[C@@](C)(Cc1ccc(-c2ccccc2)cc1)N(Cc1ccccc1)Cc1ccccc1. The van der Waals surface area contributed by atoms with Crippen LogP contribution in [0.4, 0.5) is 0 Å². The van der Waals surface area contributed by atoms with Crippen LogP contribution in [-0.4, -0.2) is 22.5 Å². The molecule has 1 fully saturated rings. The van der Waals surface area contributed by atoms with E-state index in [0.717, 1.165) is 32.4 Å². The number of carbonyl (C=O) groups is 1. The number of esters is 1. The van der Waals surface area contributed by atoms with Gasteiger partial charge in [-0.1, -0.05) is 149 Å². The summed E-state index contributed by atoms with van der Waals surface area (Å²) in [6.07, 6.45) is 4.89. The zero-order chi connectivity index (χ0) is 32.5. The van der Waals surface area contributed by atoms with Crippen molar-refractivity contribution in [2.45, 2.75) is 91.5 Å². The standard InChI is InChI=1S/C43H53NO2/c1-32(2)40-26-21-33(3)27-41(40)46-42(45)34(4)28-43(5,29-35-22-24-39(25-23-35)38-19-13-8-14-20-38)44(30-36-15-9-6-10-16-36)31-37-17-11-7-12-18-37/h6-20,22-25,32-34,40-41H,21,26-31H2,1-5H3/t33-,34+,40+,41-,43-/m0/s1. The molecule has 0 spiro atoms. The molecular weight excluding hydrogens is 562 g/mol. The van der Waals surface area contributed by atoms with Crippen LogP contribution in [0.5, 0.6) is 0 Å². The van der Waals surface area contributed by atoms with Crippen molar-refractivity contribution in [1.82, 2.24) is 4.90 Å². The summed E-state index contributed by atoms with van der Waals surface area (Å²) in [5.74, 6) is 1.27. The van der Waals surface area contributed by atoms with E-state index < -0.39 is 0 Å². The molecule has 0 amide bonds. The van der Waals surface area contributed by atoms with Crippen molar-refractivity contribution in [2.75, 3.05) is 0 Å². The molecular formula is C43H53NO2. The topological polar surface area (TPSA) is 29.5 Å². The molecule has 5 rings (SSSR count). The Balaban J connectivity index is 1.44. The predicted molar refractivity (Wildman–Crippen MR) is 191 cm³/mol. The third-order valence-electron chi connectivity index (χ3n) is 10.2. The Hall–Kier alpha value is -3.69. The quantitative estimate of drug-likeness (QED) is 0.140. The Morgan fingerprint density at radius 1 is 0.739 bits per heavy atom. The first-order valence-corrected chi connectivity index (χ1v) is 17.4. The number of rotatable bonds is 13. The zero-order valence-electron chi connectivity index (χ0n) is 28.6. The van der Waals surface area contributed by atoms with Gasteiger partial charge in [-0.25, -0.2) is 0 Å². The molecule has 1 aliphatic rings. The van der Waals surface area contributed by atoms with Crippen LogP contribution in [0.2, 0.25) is 0 Å². The molecule has 0 aromatic heterocycles. The van der Waals surface area contributed by atoms with Gasteiger partial charge in [-0.2, -0.15) is 0 Å². The fourth-order valence-corrected chi connectivity index (χ4v) is 7.50. The van der Waals surface area contributed by atoms with Gasteiger partial charge in [0.2, 0.25) is 0 Å². The van der Waals surface area contributed by atoms with Gasteiger partial charge in [-0.15, -0.1) is 0 Å². The van der Waals surface area contributed by atoms with Gasteiger partial charge < -0.3 is 4.74 Å². The van der Waals surface area contributed by atoms with Crippen LogP contribution in [0.1, 0.15) is 77.0 Å². The minimum absolute atomic E-state index is 0.0141. The van der Waals surface area contributed by atoms with E-state index in [2.05, 4.69) is 155 Å². The van der Waals surface area contributed by atoms with Gasteiger partial charge in [0, 0.05) is 18.6 Å². The third kappa shape index (κ3) is 8.97. The largest absolute Gasteiger partial charge is 0.462 e. The lowest BCUT2D eigenvalue weighted by Crippen LogP contribution is -2.49. The molecule has 1 saturated carbocycles. The van der Waals surface area contributed by atoms with Crippen LogP contribution in [0, 0.1) is 23.7 Å². The van der Waals surface area contributed by atoms with Gasteiger partial charge >= 0.3 is 5.97 Å². The smallest absolute Gasteiger partial charge is 0.309 e. The highest BCUT2D eigenvalue weighted by Crippen LogP contribution is 2.37. The molecule has 242 valence electrons.